The number of benzene rings is 1. The van der Waals surface area contributed by atoms with E-state index in [9.17, 15) is 19.7 Å². The van der Waals surface area contributed by atoms with Crippen LogP contribution in [0.15, 0.2) is 16.6 Å². The quantitative estimate of drug-likeness (QED) is 0.645. The molecule has 0 unspecified atom stereocenters. The molecule has 0 aromatic heterocycles. The summed E-state index contributed by atoms with van der Waals surface area (Å²) in [5, 5.41) is 13.3. The van der Waals surface area contributed by atoms with Crippen molar-refractivity contribution in [3.63, 3.8) is 0 Å². The van der Waals surface area contributed by atoms with Crippen molar-refractivity contribution in [1.29, 1.82) is 0 Å². The first-order valence-electron chi connectivity index (χ1n) is 6.31. The lowest BCUT2D eigenvalue weighted by Crippen LogP contribution is -2.32. The highest BCUT2D eigenvalue weighted by Gasteiger charge is 2.29. The summed E-state index contributed by atoms with van der Waals surface area (Å²) in [4.78, 5) is 33.5. The van der Waals surface area contributed by atoms with E-state index in [1.807, 2.05) is 0 Å². The van der Waals surface area contributed by atoms with E-state index < -0.39 is 11.0 Å². The molecule has 21 heavy (non-hydrogen) atoms. The maximum Gasteiger partial charge on any atom is 0.413 e. The van der Waals surface area contributed by atoms with Crippen LogP contribution in [0.3, 0.4) is 0 Å². The van der Waals surface area contributed by atoms with Gasteiger partial charge in [-0.15, -0.1) is 0 Å². The van der Waals surface area contributed by atoms with E-state index in [-0.39, 0.29) is 29.7 Å². The van der Waals surface area contributed by atoms with Crippen molar-refractivity contribution in [3.05, 3.63) is 32.3 Å². The molecule has 1 fully saturated rings. The Balaban J connectivity index is 2.05. The number of Topliss-reactive ketones (excluding diaryl/α,β-unsaturated/α-hetero) is 1. The number of halogens is 1. The number of hydrogen-bond acceptors (Lipinski definition) is 5. The summed E-state index contributed by atoms with van der Waals surface area (Å²) in [5.74, 6) is -0.197. The second kappa shape index (κ2) is 6.21. The normalized spacial score (nSPS) is 13.6. The maximum atomic E-state index is 11.6. The molecule has 1 aromatic carbocycles. The molecule has 0 radical (unpaired) electrons. The van der Waals surface area contributed by atoms with Gasteiger partial charge in [0.25, 0.3) is 0 Å². The minimum atomic E-state index is -0.892. The second-order valence-corrected chi connectivity index (χ2v) is 5.69. The number of nitro benzene ring substituents is 1. The van der Waals surface area contributed by atoms with Gasteiger partial charge >= 0.3 is 11.8 Å². The smallest absolute Gasteiger partial charge is 0.402 e. The lowest BCUT2D eigenvalue weighted by molar-refractivity contribution is -0.385. The number of hydrogen-bond donors (Lipinski definition) is 1. The molecule has 1 aliphatic rings. The Labute approximate surface area is 128 Å². The largest absolute Gasteiger partial charge is 0.413 e. The molecule has 0 bridgehead atoms. The first kappa shape index (κ1) is 15.4. The zero-order valence-electron chi connectivity index (χ0n) is 11.2. The third kappa shape index (κ3) is 4.01. The molecule has 8 heteroatoms. The van der Waals surface area contributed by atoms with E-state index in [1.165, 1.54) is 6.07 Å². The van der Waals surface area contributed by atoms with Crippen LogP contribution < -0.4 is 10.1 Å². The van der Waals surface area contributed by atoms with E-state index in [0.717, 1.165) is 12.8 Å². The highest BCUT2D eigenvalue weighted by Crippen LogP contribution is 2.36. The predicted octanol–water partition coefficient (Wildman–Crippen LogP) is 2.73. The van der Waals surface area contributed by atoms with Gasteiger partial charge in [-0.2, -0.15) is 0 Å². The van der Waals surface area contributed by atoms with Crippen molar-refractivity contribution < 1.29 is 19.2 Å². The lowest BCUT2D eigenvalue weighted by Gasteiger charge is -2.09. The molecule has 0 saturated heterocycles. The summed E-state index contributed by atoms with van der Waals surface area (Å²) < 4.78 is 5.26. The molecular weight excluding hydrogens is 344 g/mol. The Bertz CT molecular complexity index is 613. The van der Waals surface area contributed by atoms with Crippen LogP contribution in [-0.4, -0.2) is 23.3 Å². The molecule has 1 aromatic rings. The van der Waals surface area contributed by atoms with E-state index in [0.29, 0.717) is 10.0 Å². The van der Waals surface area contributed by atoms with Crippen molar-refractivity contribution in [2.75, 3.05) is 6.54 Å². The molecule has 1 saturated carbocycles. The molecule has 7 nitrogen and oxygen atoms in total. The van der Waals surface area contributed by atoms with Gasteiger partial charge in [0, 0.05) is 12.0 Å². The molecule has 1 N–H and O–H groups in total. The number of carbonyl (C=O) groups is 2. The highest BCUT2D eigenvalue weighted by molar-refractivity contribution is 9.10. The number of rotatable bonds is 5. The summed E-state index contributed by atoms with van der Waals surface area (Å²) in [7, 11) is 0. The predicted molar refractivity (Wildman–Crippen MR) is 77.3 cm³/mol. The highest BCUT2D eigenvalue weighted by atomic mass is 79.9. The van der Waals surface area contributed by atoms with Gasteiger partial charge in [-0.25, -0.2) is 4.79 Å². The van der Waals surface area contributed by atoms with Gasteiger partial charge < -0.3 is 10.1 Å². The fourth-order valence-electron chi connectivity index (χ4n) is 1.79. The Kier molecular flexibility index (Phi) is 4.56. The summed E-state index contributed by atoms with van der Waals surface area (Å²) >= 11 is 3.13. The number of ketones is 1. The molecule has 1 aliphatic carbocycles. The molecule has 2 rings (SSSR count). The molecule has 112 valence electrons. The Morgan fingerprint density at radius 3 is 2.71 bits per heavy atom. The number of aryl methyl sites for hydroxylation is 1. The maximum absolute atomic E-state index is 11.6. The Morgan fingerprint density at radius 1 is 1.48 bits per heavy atom. The minimum absolute atomic E-state index is 0.0331. The summed E-state index contributed by atoms with van der Waals surface area (Å²) in [6, 6.07) is 2.91. The average molecular weight is 357 g/mol. The topological polar surface area (TPSA) is 98.5 Å². The number of nitrogens with zero attached hydrogens (tertiary/aromatic N) is 1. The minimum Gasteiger partial charge on any atom is -0.402 e. The fraction of sp³-hybridized carbons (Fsp3) is 0.385. The van der Waals surface area contributed by atoms with Gasteiger partial charge in [-0.05, 0) is 47.3 Å². The van der Waals surface area contributed by atoms with Crippen LogP contribution in [0.2, 0.25) is 0 Å². The first-order chi connectivity index (χ1) is 9.88. The van der Waals surface area contributed by atoms with Crippen LogP contribution in [-0.2, 0) is 4.79 Å². The first-order valence-corrected chi connectivity index (χ1v) is 7.10. The van der Waals surface area contributed by atoms with Crippen molar-refractivity contribution in [2.24, 2.45) is 5.92 Å². The van der Waals surface area contributed by atoms with Gasteiger partial charge in [0.2, 0.25) is 5.75 Å². The van der Waals surface area contributed by atoms with Crippen molar-refractivity contribution in [2.45, 2.75) is 19.8 Å². The van der Waals surface area contributed by atoms with E-state index in [4.69, 9.17) is 4.74 Å². The molecular formula is C13H13BrN2O5. The van der Waals surface area contributed by atoms with Gasteiger partial charge in [-0.3, -0.25) is 14.9 Å². The number of amides is 1. The molecule has 0 atom stereocenters. The van der Waals surface area contributed by atoms with Crippen LogP contribution in [0.5, 0.6) is 5.75 Å². The van der Waals surface area contributed by atoms with Crippen LogP contribution in [0, 0.1) is 23.0 Å². The Morgan fingerprint density at radius 2 is 2.14 bits per heavy atom. The van der Waals surface area contributed by atoms with Crippen molar-refractivity contribution >= 4 is 33.5 Å². The molecule has 1 amide bonds. The SMILES string of the molecule is Cc1cc(Br)c(OC(=O)NCC(=O)C2CC2)c([N+](=O)[O-])c1. The number of nitrogens with one attached hydrogen (secondary N) is 1. The van der Waals surface area contributed by atoms with Crippen molar-refractivity contribution in [1.82, 2.24) is 5.32 Å². The van der Waals surface area contributed by atoms with Crippen molar-refractivity contribution in [3.8, 4) is 5.75 Å². The monoisotopic (exact) mass is 356 g/mol. The summed E-state index contributed by atoms with van der Waals surface area (Å²) in [6.07, 6.45) is 0.811. The van der Waals surface area contributed by atoms with Gasteiger partial charge in [0.05, 0.1) is 15.9 Å². The fourth-order valence-corrected chi connectivity index (χ4v) is 2.43. The van der Waals surface area contributed by atoms with Gasteiger partial charge in [-0.1, -0.05) is 0 Å². The van der Waals surface area contributed by atoms with E-state index >= 15 is 0 Å². The third-order valence-corrected chi connectivity index (χ3v) is 3.59. The molecule has 0 aliphatic heterocycles. The van der Waals surface area contributed by atoms with E-state index in [2.05, 4.69) is 21.2 Å². The number of ether oxygens (including phenoxy) is 1. The lowest BCUT2D eigenvalue weighted by atomic mass is 10.2. The van der Waals surface area contributed by atoms with Gasteiger partial charge in [0.1, 0.15) is 0 Å². The zero-order valence-corrected chi connectivity index (χ0v) is 12.8. The molecule has 0 heterocycles. The molecule has 0 spiro atoms. The standard InChI is InChI=1S/C13H13BrN2O5/c1-7-4-9(14)12(10(5-7)16(19)20)21-13(18)15-6-11(17)8-2-3-8/h4-5,8H,2-3,6H2,1H3,(H,15,18). The average Bonchev–Trinajstić information content (AvgIpc) is 3.22. The van der Waals surface area contributed by atoms with Crippen LogP contribution in [0.4, 0.5) is 10.5 Å². The van der Waals surface area contributed by atoms with E-state index in [1.54, 1.807) is 13.0 Å². The third-order valence-electron chi connectivity index (χ3n) is 3.00. The number of nitro groups is 1. The zero-order chi connectivity index (χ0) is 15.6. The summed E-state index contributed by atoms with van der Waals surface area (Å²) in [6.45, 7) is 1.57. The van der Waals surface area contributed by atoms with Crippen LogP contribution in [0.25, 0.3) is 0 Å². The van der Waals surface area contributed by atoms with Crippen LogP contribution in [0.1, 0.15) is 18.4 Å². The van der Waals surface area contributed by atoms with Crippen LogP contribution >= 0.6 is 15.9 Å². The summed E-state index contributed by atoms with van der Waals surface area (Å²) in [5.41, 5.74) is 0.343. The number of carbonyl (C=O) groups excluding carboxylic acids is 2. The van der Waals surface area contributed by atoms with Gasteiger partial charge in [0.15, 0.2) is 5.78 Å². The Hall–Kier alpha value is -1.96. The second-order valence-electron chi connectivity index (χ2n) is 4.84.